The Hall–Kier alpha value is -1.39. The second kappa shape index (κ2) is 8.53. The van der Waals surface area contributed by atoms with Crippen molar-refractivity contribution in [1.29, 1.82) is 0 Å². The quantitative estimate of drug-likeness (QED) is 0.848. The Labute approximate surface area is 158 Å². The number of benzene rings is 1. The number of hydrogen-bond acceptors (Lipinski definition) is 3. The molecule has 0 spiro atoms. The second-order valence-corrected chi connectivity index (χ2v) is 8.78. The van der Waals surface area contributed by atoms with Crippen molar-refractivity contribution >= 4 is 5.91 Å². The van der Waals surface area contributed by atoms with Crippen LogP contribution in [0.1, 0.15) is 61.9 Å². The van der Waals surface area contributed by atoms with Gasteiger partial charge in [0.1, 0.15) is 0 Å². The summed E-state index contributed by atoms with van der Waals surface area (Å²) in [6, 6.07) is 7.97. The molecule has 1 aromatic carbocycles. The van der Waals surface area contributed by atoms with Gasteiger partial charge in [-0.2, -0.15) is 0 Å². The number of hydrogen-bond donors (Lipinski definition) is 1. The monoisotopic (exact) mass is 358 g/mol. The summed E-state index contributed by atoms with van der Waals surface area (Å²) >= 11 is 0. The Bertz CT molecular complexity index is 585. The molecule has 144 valence electrons. The lowest BCUT2D eigenvalue weighted by Gasteiger charge is -2.34. The summed E-state index contributed by atoms with van der Waals surface area (Å²) in [5.41, 5.74) is 1.32. The molecule has 0 saturated carbocycles. The number of likely N-dealkylation sites (tertiary alicyclic amines) is 2. The maximum Gasteiger partial charge on any atom is 0.253 e. The third kappa shape index (κ3) is 5.55. The van der Waals surface area contributed by atoms with Gasteiger partial charge in [-0.25, -0.2) is 0 Å². The summed E-state index contributed by atoms with van der Waals surface area (Å²) in [7, 11) is 0. The largest absolute Gasteiger partial charge is 0.390 e. The minimum Gasteiger partial charge on any atom is -0.390 e. The normalized spacial score (nSPS) is 22.0. The van der Waals surface area contributed by atoms with Crippen molar-refractivity contribution in [3.63, 3.8) is 0 Å². The molecule has 1 amide bonds. The van der Waals surface area contributed by atoms with Gasteiger partial charge in [0.2, 0.25) is 0 Å². The third-order valence-corrected chi connectivity index (χ3v) is 5.75. The molecule has 0 aliphatic carbocycles. The van der Waals surface area contributed by atoms with Gasteiger partial charge < -0.3 is 14.9 Å². The summed E-state index contributed by atoms with van der Waals surface area (Å²) in [6.07, 6.45) is 6.58. The van der Waals surface area contributed by atoms with Gasteiger partial charge in [0.05, 0.1) is 5.60 Å². The van der Waals surface area contributed by atoms with Crippen LogP contribution in [0.5, 0.6) is 0 Å². The zero-order valence-electron chi connectivity index (χ0n) is 16.4. The van der Waals surface area contributed by atoms with E-state index in [0.29, 0.717) is 5.92 Å². The van der Waals surface area contributed by atoms with E-state index in [1.807, 2.05) is 38.1 Å². The first-order valence-electron chi connectivity index (χ1n) is 10.2. The molecule has 2 heterocycles. The molecule has 3 rings (SSSR count). The van der Waals surface area contributed by atoms with E-state index < -0.39 is 5.60 Å². The molecule has 2 fully saturated rings. The van der Waals surface area contributed by atoms with Gasteiger partial charge in [0.25, 0.3) is 5.91 Å². The lowest BCUT2D eigenvalue weighted by molar-refractivity contribution is 0.0647. The molecule has 1 N–H and O–H groups in total. The van der Waals surface area contributed by atoms with Gasteiger partial charge >= 0.3 is 0 Å². The van der Waals surface area contributed by atoms with Gasteiger partial charge in [-0.1, -0.05) is 12.1 Å². The predicted octanol–water partition coefficient (Wildman–Crippen LogP) is 3.34. The Balaban J connectivity index is 1.54. The van der Waals surface area contributed by atoms with E-state index in [2.05, 4.69) is 9.80 Å². The number of rotatable bonds is 6. The van der Waals surface area contributed by atoms with Gasteiger partial charge in [-0.05, 0) is 89.1 Å². The maximum absolute atomic E-state index is 12.9. The molecule has 0 unspecified atom stereocenters. The fourth-order valence-corrected chi connectivity index (χ4v) is 4.18. The molecule has 2 saturated heterocycles. The lowest BCUT2D eigenvalue weighted by Crippen LogP contribution is -2.43. The van der Waals surface area contributed by atoms with Crippen molar-refractivity contribution in [3.8, 4) is 0 Å². The van der Waals surface area contributed by atoms with Crippen molar-refractivity contribution in [1.82, 2.24) is 9.80 Å². The minimum absolute atomic E-state index is 0.171. The van der Waals surface area contributed by atoms with Crippen LogP contribution in [0.15, 0.2) is 24.3 Å². The molecular weight excluding hydrogens is 324 g/mol. The van der Waals surface area contributed by atoms with Gasteiger partial charge in [0, 0.05) is 25.2 Å². The SMILES string of the molecule is CC(C)(O)CCc1ccc(C(=O)N2CCC[C@@H](CN3CCCC3)C2)cc1. The number of nitrogens with zero attached hydrogens (tertiary/aromatic N) is 2. The van der Waals surface area contributed by atoms with Crippen LogP contribution < -0.4 is 0 Å². The number of carbonyl (C=O) groups excluding carboxylic acids is 1. The minimum atomic E-state index is -0.646. The van der Waals surface area contributed by atoms with E-state index in [1.165, 1.54) is 37.9 Å². The van der Waals surface area contributed by atoms with Crippen LogP contribution in [0.2, 0.25) is 0 Å². The van der Waals surface area contributed by atoms with E-state index in [4.69, 9.17) is 0 Å². The topological polar surface area (TPSA) is 43.8 Å². The van der Waals surface area contributed by atoms with E-state index in [1.54, 1.807) is 0 Å². The van der Waals surface area contributed by atoms with Crippen LogP contribution in [-0.4, -0.2) is 59.1 Å². The molecule has 2 aliphatic heterocycles. The first-order valence-corrected chi connectivity index (χ1v) is 10.2. The van der Waals surface area contributed by atoms with Crippen molar-refractivity contribution in [2.24, 2.45) is 5.92 Å². The Morgan fingerprint density at radius 1 is 1.12 bits per heavy atom. The molecule has 1 aromatic rings. The third-order valence-electron chi connectivity index (χ3n) is 5.75. The second-order valence-electron chi connectivity index (χ2n) is 8.78. The van der Waals surface area contributed by atoms with Gasteiger partial charge in [-0.3, -0.25) is 4.79 Å². The molecule has 0 bridgehead atoms. The average Bonchev–Trinajstić information content (AvgIpc) is 3.12. The number of aliphatic hydroxyl groups is 1. The fourth-order valence-electron chi connectivity index (χ4n) is 4.18. The highest BCUT2D eigenvalue weighted by molar-refractivity contribution is 5.94. The highest BCUT2D eigenvalue weighted by Crippen LogP contribution is 2.22. The summed E-state index contributed by atoms with van der Waals surface area (Å²) < 4.78 is 0. The Kier molecular flexibility index (Phi) is 6.36. The first kappa shape index (κ1) is 19.4. The van der Waals surface area contributed by atoms with Gasteiger partial charge in [0.15, 0.2) is 0 Å². The molecule has 0 aromatic heterocycles. The summed E-state index contributed by atoms with van der Waals surface area (Å²) in [4.78, 5) is 17.5. The number of piperidine rings is 1. The van der Waals surface area contributed by atoms with Crippen LogP contribution in [-0.2, 0) is 6.42 Å². The molecule has 2 aliphatic rings. The maximum atomic E-state index is 12.9. The zero-order chi connectivity index (χ0) is 18.6. The van der Waals surface area contributed by atoms with Crippen LogP contribution >= 0.6 is 0 Å². The molecule has 0 radical (unpaired) electrons. The van der Waals surface area contributed by atoms with Crippen molar-refractivity contribution in [3.05, 3.63) is 35.4 Å². The summed E-state index contributed by atoms with van der Waals surface area (Å²) in [6.45, 7) is 9.07. The van der Waals surface area contributed by atoms with Crippen molar-refractivity contribution < 1.29 is 9.90 Å². The van der Waals surface area contributed by atoms with Crippen molar-refractivity contribution in [2.45, 2.75) is 58.0 Å². The first-order chi connectivity index (χ1) is 12.4. The fraction of sp³-hybridized carbons (Fsp3) is 0.682. The van der Waals surface area contributed by atoms with Gasteiger partial charge in [-0.15, -0.1) is 0 Å². The number of amides is 1. The highest BCUT2D eigenvalue weighted by atomic mass is 16.3. The van der Waals surface area contributed by atoms with Crippen LogP contribution in [0.4, 0.5) is 0 Å². The summed E-state index contributed by atoms with van der Waals surface area (Å²) in [5, 5.41) is 9.85. The van der Waals surface area contributed by atoms with Crippen LogP contribution in [0.25, 0.3) is 0 Å². The lowest BCUT2D eigenvalue weighted by atomic mass is 9.96. The molecule has 1 atom stereocenters. The van der Waals surface area contributed by atoms with Crippen molar-refractivity contribution in [2.75, 3.05) is 32.7 Å². The standard InChI is InChI=1S/C22H34N2O2/c1-22(2,26)12-11-18-7-9-20(10-8-18)21(25)24-15-5-6-19(17-24)16-23-13-3-4-14-23/h7-10,19,26H,3-6,11-17H2,1-2H3/t19-/m0/s1. The van der Waals surface area contributed by atoms with E-state index in [9.17, 15) is 9.90 Å². The molecule has 4 heteroatoms. The van der Waals surface area contributed by atoms with E-state index in [0.717, 1.165) is 44.5 Å². The van der Waals surface area contributed by atoms with E-state index in [-0.39, 0.29) is 5.91 Å². The Morgan fingerprint density at radius 2 is 1.81 bits per heavy atom. The average molecular weight is 359 g/mol. The van der Waals surface area contributed by atoms with Crippen LogP contribution in [0, 0.1) is 5.92 Å². The predicted molar refractivity (Wildman–Crippen MR) is 105 cm³/mol. The number of aryl methyl sites for hydroxylation is 1. The number of carbonyl (C=O) groups is 1. The highest BCUT2D eigenvalue weighted by Gasteiger charge is 2.26. The summed E-state index contributed by atoms with van der Waals surface area (Å²) in [5.74, 6) is 0.794. The Morgan fingerprint density at radius 3 is 2.46 bits per heavy atom. The molecular formula is C22H34N2O2. The van der Waals surface area contributed by atoms with E-state index >= 15 is 0 Å². The smallest absolute Gasteiger partial charge is 0.253 e. The molecule has 26 heavy (non-hydrogen) atoms. The van der Waals surface area contributed by atoms with Crippen LogP contribution in [0.3, 0.4) is 0 Å². The molecule has 4 nitrogen and oxygen atoms in total. The zero-order valence-corrected chi connectivity index (χ0v) is 16.4.